The van der Waals surface area contributed by atoms with Crippen molar-refractivity contribution in [2.45, 2.75) is 0 Å². The van der Waals surface area contributed by atoms with E-state index in [1.165, 1.54) is 0 Å². The summed E-state index contributed by atoms with van der Waals surface area (Å²) in [6, 6.07) is 20.8. The van der Waals surface area contributed by atoms with Gasteiger partial charge in [-0.3, -0.25) is 9.59 Å². The van der Waals surface area contributed by atoms with Gasteiger partial charge in [0.1, 0.15) is 0 Å². The van der Waals surface area contributed by atoms with Crippen LogP contribution >= 0.6 is 27.5 Å². The average Bonchev–Trinajstić information content (AvgIpc) is 2.65. The Hall–Kier alpha value is -2.43. The van der Waals surface area contributed by atoms with Crippen molar-refractivity contribution in [1.82, 2.24) is 0 Å². The van der Waals surface area contributed by atoms with Crippen molar-refractivity contribution in [2.24, 2.45) is 0 Å². The van der Waals surface area contributed by atoms with Crippen LogP contribution in [0.5, 0.6) is 0 Å². The summed E-state index contributed by atoms with van der Waals surface area (Å²) in [7, 11) is 0. The van der Waals surface area contributed by atoms with E-state index in [0.717, 1.165) is 4.47 Å². The molecule has 3 nitrogen and oxygen atoms in total. The molecular formula is C20H13BrClNO2. The fraction of sp³-hybridized carbons (Fsp3) is 0. The van der Waals surface area contributed by atoms with E-state index < -0.39 is 0 Å². The van der Waals surface area contributed by atoms with Gasteiger partial charge in [-0.2, -0.15) is 0 Å². The third kappa shape index (κ3) is 3.98. The van der Waals surface area contributed by atoms with Crippen molar-refractivity contribution in [2.75, 3.05) is 5.32 Å². The molecule has 0 aliphatic heterocycles. The summed E-state index contributed by atoms with van der Waals surface area (Å²) < 4.78 is 0.742. The number of amides is 1. The van der Waals surface area contributed by atoms with Crippen LogP contribution in [0.3, 0.4) is 0 Å². The van der Waals surface area contributed by atoms with Crippen LogP contribution in [0.15, 0.2) is 77.3 Å². The first-order valence-corrected chi connectivity index (χ1v) is 8.68. The van der Waals surface area contributed by atoms with E-state index >= 15 is 0 Å². The summed E-state index contributed by atoms with van der Waals surface area (Å²) in [4.78, 5) is 25.4. The van der Waals surface area contributed by atoms with Gasteiger partial charge >= 0.3 is 0 Å². The van der Waals surface area contributed by atoms with E-state index in [0.29, 0.717) is 27.4 Å². The van der Waals surface area contributed by atoms with Crippen molar-refractivity contribution in [1.29, 1.82) is 0 Å². The van der Waals surface area contributed by atoms with E-state index in [9.17, 15) is 9.59 Å². The highest BCUT2D eigenvalue weighted by Gasteiger charge is 2.18. The molecule has 3 aromatic carbocycles. The standard InChI is InChI=1S/C20H13BrClNO2/c21-17-11-10-14(12-18(17)22)23-20(25)16-9-5-4-8-15(16)19(24)13-6-2-1-3-7-13/h1-12H,(H,23,25). The Kier molecular flexibility index (Phi) is 5.31. The van der Waals surface area contributed by atoms with Gasteiger partial charge in [0.05, 0.1) is 10.6 Å². The van der Waals surface area contributed by atoms with E-state index in [1.54, 1.807) is 66.7 Å². The molecule has 0 unspecified atom stereocenters. The topological polar surface area (TPSA) is 46.2 Å². The molecule has 0 saturated heterocycles. The molecule has 0 bridgehead atoms. The van der Waals surface area contributed by atoms with Crippen molar-refractivity contribution >= 4 is 44.9 Å². The molecular weight excluding hydrogens is 402 g/mol. The molecule has 0 radical (unpaired) electrons. The molecule has 5 heteroatoms. The van der Waals surface area contributed by atoms with Gasteiger partial charge < -0.3 is 5.32 Å². The van der Waals surface area contributed by atoms with Crippen LogP contribution < -0.4 is 5.32 Å². The second-order valence-electron chi connectivity index (χ2n) is 5.32. The number of rotatable bonds is 4. The van der Waals surface area contributed by atoms with Crippen LogP contribution in [0, 0.1) is 0 Å². The van der Waals surface area contributed by atoms with Crippen LogP contribution in [-0.4, -0.2) is 11.7 Å². The summed E-state index contributed by atoms with van der Waals surface area (Å²) in [5, 5.41) is 3.27. The fourth-order valence-corrected chi connectivity index (χ4v) is 2.82. The van der Waals surface area contributed by atoms with E-state index in [-0.39, 0.29) is 11.7 Å². The second kappa shape index (κ2) is 7.64. The van der Waals surface area contributed by atoms with Crippen LogP contribution in [-0.2, 0) is 0 Å². The maximum atomic E-state index is 12.7. The van der Waals surface area contributed by atoms with Crippen molar-refractivity contribution in [3.63, 3.8) is 0 Å². The smallest absolute Gasteiger partial charge is 0.256 e. The highest BCUT2D eigenvalue weighted by molar-refractivity contribution is 9.10. The van der Waals surface area contributed by atoms with E-state index in [1.807, 2.05) is 6.07 Å². The minimum absolute atomic E-state index is 0.194. The Morgan fingerprint density at radius 3 is 2.16 bits per heavy atom. The molecule has 0 fully saturated rings. The number of carbonyl (C=O) groups excluding carboxylic acids is 2. The molecule has 3 rings (SSSR count). The third-order valence-electron chi connectivity index (χ3n) is 3.63. The highest BCUT2D eigenvalue weighted by atomic mass is 79.9. The number of ketones is 1. The Bertz CT molecular complexity index is 941. The SMILES string of the molecule is O=C(Nc1ccc(Br)c(Cl)c1)c1ccccc1C(=O)c1ccccc1. The maximum absolute atomic E-state index is 12.7. The molecule has 0 aliphatic rings. The van der Waals surface area contributed by atoms with Crippen molar-refractivity contribution < 1.29 is 9.59 Å². The third-order valence-corrected chi connectivity index (χ3v) is 4.86. The summed E-state index contributed by atoms with van der Waals surface area (Å²) in [5.74, 6) is -0.557. The molecule has 1 amide bonds. The summed E-state index contributed by atoms with van der Waals surface area (Å²) in [6.07, 6.45) is 0. The maximum Gasteiger partial charge on any atom is 0.256 e. The Morgan fingerprint density at radius 1 is 0.840 bits per heavy atom. The molecule has 25 heavy (non-hydrogen) atoms. The van der Waals surface area contributed by atoms with Crippen molar-refractivity contribution in [3.05, 3.63) is 99.0 Å². The van der Waals surface area contributed by atoms with E-state index in [4.69, 9.17) is 11.6 Å². The lowest BCUT2D eigenvalue weighted by atomic mass is 9.98. The number of hydrogen-bond acceptors (Lipinski definition) is 2. The van der Waals surface area contributed by atoms with Crippen LogP contribution in [0.25, 0.3) is 0 Å². The van der Waals surface area contributed by atoms with Gasteiger partial charge in [0.2, 0.25) is 0 Å². The number of halogens is 2. The minimum atomic E-state index is -0.363. The van der Waals surface area contributed by atoms with Gasteiger partial charge in [0.25, 0.3) is 5.91 Å². The lowest BCUT2D eigenvalue weighted by Crippen LogP contribution is -2.17. The number of nitrogens with one attached hydrogen (secondary N) is 1. The van der Waals surface area contributed by atoms with Gasteiger partial charge in [0.15, 0.2) is 5.78 Å². The lowest BCUT2D eigenvalue weighted by Gasteiger charge is -2.10. The quantitative estimate of drug-likeness (QED) is 0.566. The molecule has 0 saturated carbocycles. The molecule has 124 valence electrons. The Balaban J connectivity index is 1.91. The zero-order chi connectivity index (χ0) is 17.8. The monoisotopic (exact) mass is 413 g/mol. The number of carbonyl (C=O) groups is 2. The molecule has 0 aliphatic carbocycles. The molecule has 3 aromatic rings. The highest BCUT2D eigenvalue weighted by Crippen LogP contribution is 2.26. The summed E-state index contributed by atoms with van der Waals surface area (Å²) >= 11 is 9.36. The molecule has 0 aromatic heterocycles. The predicted octanol–water partition coefficient (Wildman–Crippen LogP) is 5.59. The summed E-state index contributed by atoms with van der Waals surface area (Å²) in [5.41, 5.74) is 1.76. The van der Waals surface area contributed by atoms with E-state index in [2.05, 4.69) is 21.2 Å². The zero-order valence-electron chi connectivity index (χ0n) is 13.0. The predicted molar refractivity (Wildman–Crippen MR) is 103 cm³/mol. The van der Waals surface area contributed by atoms with Crippen molar-refractivity contribution in [3.8, 4) is 0 Å². The van der Waals surface area contributed by atoms with Crippen LogP contribution in [0.4, 0.5) is 5.69 Å². The molecule has 0 heterocycles. The second-order valence-corrected chi connectivity index (χ2v) is 6.59. The fourth-order valence-electron chi connectivity index (χ4n) is 2.40. The van der Waals surface area contributed by atoms with Crippen LogP contribution in [0.1, 0.15) is 26.3 Å². The lowest BCUT2D eigenvalue weighted by molar-refractivity contribution is 0.0996. The summed E-state index contributed by atoms with van der Waals surface area (Å²) in [6.45, 7) is 0. The normalized spacial score (nSPS) is 10.3. The first-order valence-electron chi connectivity index (χ1n) is 7.51. The Morgan fingerprint density at radius 2 is 1.48 bits per heavy atom. The first-order chi connectivity index (χ1) is 12.1. The van der Waals surface area contributed by atoms with Gasteiger partial charge in [0, 0.05) is 21.3 Å². The zero-order valence-corrected chi connectivity index (χ0v) is 15.3. The van der Waals surface area contributed by atoms with Gasteiger partial charge in [-0.05, 0) is 40.2 Å². The number of anilines is 1. The van der Waals surface area contributed by atoms with Crippen LogP contribution in [0.2, 0.25) is 5.02 Å². The van der Waals surface area contributed by atoms with Gasteiger partial charge in [-0.25, -0.2) is 0 Å². The first kappa shape index (κ1) is 17.4. The largest absolute Gasteiger partial charge is 0.322 e. The molecule has 0 atom stereocenters. The number of benzene rings is 3. The average molecular weight is 415 g/mol. The van der Waals surface area contributed by atoms with Gasteiger partial charge in [-0.1, -0.05) is 60.1 Å². The Labute approximate surface area is 158 Å². The molecule has 0 spiro atoms. The molecule has 1 N–H and O–H groups in total. The van der Waals surface area contributed by atoms with Gasteiger partial charge in [-0.15, -0.1) is 0 Å². The minimum Gasteiger partial charge on any atom is -0.322 e. The number of hydrogen-bond donors (Lipinski definition) is 1.